The minimum absolute atomic E-state index is 0.436. The Morgan fingerprint density at radius 3 is 1.55 bits per heavy atom. The van der Waals surface area contributed by atoms with E-state index >= 15 is 0 Å². The molecule has 2 aromatic rings. The minimum Gasteiger partial charge on any atom is -0.0926 e. The largest absolute Gasteiger partial charge is 0.340 e. The number of hydrogen-bond donors (Lipinski definition) is 0. The molecule has 0 saturated carbocycles. The topological polar surface area (TPSA) is 17.1 Å². The summed E-state index contributed by atoms with van der Waals surface area (Å²) in [5.41, 5.74) is 2.16. The van der Waals surface area contributed by atoms with Gasteiger partial charge in [0.2, 0.25) is 5.16 Å². The van der Waals surface area contributed by atoms with Crippen LogP contribution in [0, 0.1) is 0 Å². The second-order valence-electron chi connectivity index (χ2n) is 4.46. The molecule has 0 aliphatic heterocycles. The van der Waals surface area contributed by atoms with E-state index in [9.17, 15) is 4.57 Å². The van der Waals surface area contributed by atoms with Crippen molar-refractivity contribution in [3.63, 3.8) is 0 Å². The first-order valence-electron chi connectivity index (χ1n) is 6.10. The molecule has 0 spiro atoms. The van der Waals surface area contributed by atoms with Gasteiger partial charge in [-0.15, -0.1) is 0 Å². The number of halogens is 3. The number of alkyl halides is 1. The van der Waals surface area contributed by atoms with Crippen LogP contribution in [-0.4, -0.2) is 5.33 Å². The highest BCUT2D eigenvalue weighted by molar-refractivity contribution is 9.10. The van der Waals surface area contributed by atoms with E-state index in [0.717, 1.165) is 31.8 Å². The van der Waals surface area contributed by atoms with Gasteiger partial charge < -0.3 is 0 Å². The molecule has 0 aliphatic rings. The van der Waals surface area contributed by atoms with Crippen LogP contribution in [-0.2, 0) is 9.72 Å². The minimum atomic E-state index is -0.453. The standard InChI is InChI=1S/C15H12Br3OP/c16-10-9-15(20-19,11-1-5-13(17)6-2-11)12-3-7-14(18)8-4-12/h1-8H,9-10H2/p+1. The highest BCUT2D eigenvalue weighted by atomic mass is 79.9. The van der Waals surface area contributed by atoms with E-state index in [1.807, 2.05) is 48.5 Å². The second-order valence-corrected chi connectivity index (χ2v) is 8.14. The first-order valence-corrected chi connectivity index (χ1v) is 9.71. The lowest BCUT2D eigenvalue weighted by molar-refractivity contribution is 0.570. The number of hydrogen-bond acceptors (Lipinski definition) is 1. The third-order valence-corrected chi connectivity index (χ3v) is 5.95. The van der Waals surface area contributed by atoms with Crippen LogP contribution < -0.4 is 0 Å². The molecule has 2 aromatic carbocycles. The fraction of sp³-hybridized carbons (Fsp3) is 0.200. The Hall–Kier alpha value is -0.0200. The summed E-state index contributed by atoms with van der Waals surface area (Å²) in [4.78, 5) is 0. The zero-order valence-electron chi connectivity index (χ0n) is 10.6. The molecule has 0 amide bonds. The summed E-state index contributed by atoms with van der Waals surface area (Å²) < 4.78 is 14.1. The first kappa shape index (κ1) is 16.4. The summed E-state index contributed by atoms with van der Waals surface area (Å²) in [7, 11) is -0.436. The number of benzene rings is 2. The van der Waals surface area contributed by atoms with Crippen LogP contribution in [0.5, 0.6) is 0 Å². The van der Waals surface area contributed by atoms with Crippen molar-refractivity contribution in [2.24, 2.45) is 0 Å². The lowest BCUT2D eigenvalue weighted by Crippen LogP contribution is -2.21. The summed E-state index contributed by atoms with van der Waals surface area (Å²) in [6, 6.07) is 16.2. The average molecular weight is 480 g/mol. The molecule has 0 fully saturated rings. The van der Waals surface area contributed by atoms with Crippen LogP contribution in [0.3, 0.4) is 0 Å². The molecular formula is C15H13Br3OP+. The molecule has 104 valence electrons. The van der Waals surface area contributed by atoms with Crippen molar-refractivity contribution in [3.05, 3.63) is 68.6 Å². The Morgan fingerprint density at radius 1 is 0.850 bits per heavy atom. The summed E-state index contributed by atoms with van der Waals surface area (Å²) >= 11 is 10.4. The van der Waals surface area contributed by atoms with Crippen LogP contribution in [0.25, 0.3) is 0 Å². The molecule has 0 saturated heterocycles. The molecule has 0 radical (unpaired) electrons. The Bertz CT molecular complexity index is 536. The fourth-order valence-electron chi connectivity index (χ4n) is 2.23. The van der Waals surface area contributed by atoms with E-state index in [0.29, 0.717) is 0 Å². The van der Waals surface area contributed by atoms with Gasteiger partial charge in [0.15, 0.2) is 0 Å². The van der Waals surface area contributed by atoms with Crippen LogP contribution in [0.2, 0.25) is 0 Å². The molecule has 0 heterocycles. The Kier molecular flexibility index (Phi) is 5.97. The molecule has 20 heavy (non-hydrogen) atoms. The van der Waals surface area contributed by atoms with Gasteiger partial charge in [-0.2, -0.15) is 0 Å². The Morgan fingerprint density at radius 2 is 1.25 bits per heavy atom. The fourth-order valence-corrected chi connectivity index (χ4v) is 4.52. The lowest BCUT2D eigenvalue weighted by Gasteiger charge is -2.21. The molecule has 0 N–H and O–H groups in total. The smallest absolute Gasteiger partial charge is 0.0926 e. The average Bonchev–Trinajstić information content (AvgIpc) is 2.47. The zero-order valence-corrected chi connectivity index (χ0v) is 16.3. The molecule has 1 nitrogen and oxygen atoms in total. The van der Waals surface area contributed by atoms with Crippen molar-refractivity contribution in [3.8, 4) is 0 Å². The van der Waals surface area contributed by atoms with Gasteiger partial charge in [-0.3, -0.25) is 0 Å². The maximum atomic E-state index is 12.1. The predicted octanol–water partition coefficient (Wildman–Crippen LogP) is 6.26. The first-order chi connectivity index (χ1) is 9.62. The van der Waals surface area contributed by atoms with E-state index in [4.69, 9.17) is 0 Å². The van der Waals surface area contributed by atoms with Crippen molar-refractivity contribution in [2.45, 2.75) is 11.6 Å². The van der Waals surface area contributed by atoms with Crippen LogP contribution in [0.15, 0.2) is 57.5 Å². The molecule has 0 aliphatic carbocycles. The van der Waals surface area contributed by atoms with Crippen molar-refractivity contribution in [1.29, 1.82) is 0 Å². The van der Waals surface area contributed by atoms with Gasteiger partial charge in [0.05, 0.1) is 0 Å². The second kappa shape index (κ2) is 7.31. The third kappa shape index (κ3) is 3.41. The maximum absolute atomic E-state index is 12.1. The van der Waals surface area contributed by atoms with Crippen molar-refractivity contribution < 1.29 is 4.57 Å². The molecule has 1 atom stereocenters. The third-order valence-electron chi connectivity index (χ3n) is 3.32. The Balaban J connectivity index is 2.57. The summed E-state index contributed by atoms with van der Waals surface area (Å²) in [6.45, 7) is 0. The molecule has 2 rings (SSSR count). The van der Waals surface area contributed by atoms with Gasteiger partial charge in [-0.1, -0.05) is 76.6 Å². The maximum Gasteiger partial charge on any atom is 0.340 e. The molecule has 5 heteroatoms. The van der Waals surface area contributed by atoms with E-state index in [1.165, 1.54) is 0 Å². The molecular weight excluding hydrogens is 467 g/mol. The van der Waals surface area contributed by atoms with Crippen molar-refractivity contribution >= 4 is 56.2 Å². The van der Waals surface area contributed by atoms with Crippen molar-refractivity contribution in [2.75, 3.05) is 5.33 Å². The van der Waals surface area contributed by atoms with Crippen LogP contribution in [0.1, 0.15) is 17.5 Å². The number of rotatable bonds is 5. The lowest BCUT2D eigenvalue weighted by atomic mass is 9.88. The van der Waals surface area contributed by atoms with E-state index in [1.54, 1.807) is 0 Å². The summed E-state index contributed by atoms with van der Waals surface area (Å²) in [5, 5.41) is 0.346. The summed E-state index contributed by atoms with van der Waals surface area (Å²) in [6.07, 6.45) is 0.790. The van der Waals surface area contributed by atoms with E-state index < -0.39 is 13.6 Å². The molecule has 0 bridgehead atoms. The molecule has 0 aromatic heterocycles. The molecule has 1 unspecified atom stereocenters. The quantitative estimate of drug-likeness (QED) is 0.365. The zero-order chi connectivity index (χ0) is 14.6. The SMILES string of the molecule is O=[PH+]C(CCBr)(c1ccc(Br)cc1)c1ccc(Br)cc1. The van der Waals surface area contributed by atoms with Gasteiger partial charge in [0.1, 0.15) is 0 Å². The Labute approximate surface area is 145 Å². The van der Waals surface area contributed by atoms with Gasteiger partial charge in [0.25, 0.3) is 0 Å². The monoisotopic (exact) mass is 477 g/mol. The van der Waals surface area contributed by atoms with Crippen LogP contribution >= 0.6 is 56.2 Å². The predicted molar refractivity (Wildman–Crippen MR) is 96.5 cm³/mol. The van der Waals surface area contributed by atoms with E-state index in [-0.39, 0.29) is 0 Å². The van der Waals surface area contributed by atoms with Gasteiger partial charge in [-0.25, -0.2) is 0 Å². The van der Waals surface area contributed by atoms with Crippen molar-refractivity contribution in [1.82, 2.24) is 0 Å². The van der Waals surface area contributed by atoms with Crippen LogP contribution in [0.4, 0.5) is 0 Å². The van der Waals surface area contributed by atoms with E-state index in [2.05, 4.69) is 47.8 Å². The summed E-state index contributed by atoms with van der Waals surface area (Å²) in [5.74, 6) is 0. The van der Waals surface area contributed by atoms with Gasteiger partial charge in [0, 0.05) is 31.8 Å². The van der Waals surface area contributed by atoms with Gasteiger partial charge in [-0.05, 0) is 24.3 Å². The highest BCUT2D eigenvalue weighted by Gasteiger charge is 2.42. The van der Waals surface area contributed by atoms with Gasteiger partial charge >= 0.3 is 8.46 Å². The normalized spacial score (nSPS) is 11.8. The highest BCUT2D eigenvalue weighted by Crippen LogP contribution is 2.45.